The van der Waals surface area contributed by atoms with Crippen molar-refractivity contribution in [2.45, 2.75) is 32.1 Å². The van der Waals surface area contributed by atoms with Crippen molar-refractivity contribution in [3.05, 3.63) is 73.7 Å². The summed E-state index contributed by atoms with van der Waals surface area (Å²) in [6.07, 6.45) is 0.125. The van der Waals surface area contributed by atoms with Crippen molar-refractivity contribution in [2.75, 3.05) is 35.9 Å². The number of aryl methyl sites for hydroxylation is 2. The van der Waals surface area contributed by atoms with E-state index in [0.717, 1.165) is 64.5 Å². The van der Waals surface area contributed by atoms with E-state index < -0.39 is 20.7 Å². The van der Waals surface area contributed by atoms with Gasteiger partial charge in [-0.15, -0.1) is 11.3 Å². The van der Waals surface area contributed by atoms with Crippen LogP contribution in [0.25, 0.3) is 0 Å². The predicted octanol–water partition coefficient (Wildman–Crippen LogP) is 5.53. The molecular formula is C25H26ClFN2O4S2. The molecule has 1 N–H and O–H groups in total. The van der Waals surface area contributed by atoms with E-state index in [0.29, 0.717) is 13.2 Å². The van der Waals surface area contributed by atoms with Crippen molar-refractivity contribution in [2.24, 2.45) is 0 Å². The molecule has 6 nitrogen and oxygen atoms in total. The second-order valence-corrected chi connectivity index (χ2v) is 11.5. The van der Waals surface area contributed by atoms with E-state index >= 15 is 0 Å². The normalized spacial score (nSPS) is 14.3. The third-order valence-corrected chi connectivity index (χ3v) is 8.69. The molecule has 3 aromatic rings. The maximum Gasteiger partial charge on any atom is 0.264 e. The van der Waals surface area contributed by atoms with Gasteiger partial charge in [0, 0.05) is 30.2 Å². The summed E-state index contributed by atoms with van der Waals surface area (Å²) in [6.45, 7) is 8.97. The lowest BCUT2D eigenvalue weighted by molar-refractivity contribution is 0.0997. The highest BCUT2D eigenvalue weighted by atomic mass is 35.5. The average molecular weight is 537 g/mol. The van der Waals surface area contributed by atoms with Gasteiger partial charge in [-0.3, -0.25) is 9.52 Å². The Morgan fingerprint density at radius 2 is 1.86 bits per heavy atom. The molecule has 0 bridgehead atoms. The van der Waals surface area contributed by atoms with Crippen LogP contribution in [0.3, 0.4) is 0 Å². The highest BCUT2D eigenvalue weighted by molar-refractivity contribution is 7.92. The summed E-state index contributed by atoms with van der Waals surface area (Å²) in [5.41, 5.74) is 5.37. The minimum absolute atomic E-state index is 0.0909. The number of hydrogen-bond donors (Lipinski definition) is 1. The van der Waals surface area contributed by atoms with Crippen LogP contribution in [0.15, 0.2) is 40.6 Å². The molecule has 0 atom stereocenters. The quantitative estimate of drug-likeness (QED) is 0.402. The molecule has 10 heteroatoms. The number of ketones is 1. The highest BCUT2D eigenvalue weighted by Crippen LogP contribution is 2.33. The van der Waals surface area contributed by atoms with Gasteiger partial charge >= 0.3 is 0 Å². The SMILES string of the molecule is Cc1cc(C)c(N2CCOCC2)c(C)c1CC(=O)c1sccc1NS(=O)(=O)c1ccc(Cl)cc1F. The first-order valence-corrected chi connectivity index (χ1v) is 13.8. The number of nitrogens with one attached hydrogen (secondary N) is 1. The van der Waals surface area contributed by atoms with Gasteiger partial charge in [-0.1, -0.05) is 17.7 Å². The molecule has 1 saturated heterocycles. The molecule has 186 valence electrons. The van der Waals surface area contributed by atoms with E-state index in [-0.39, 0.29) is 27.8 Å². The van der Waals surface area contributed by atoms with Crippen molar-refractivity contribution in [3.63, 3.8) is 0 Å². The Labute approximate surface area is 213 Å². The number of carbonyl (C=O) groups is 1. The molecule has 0 spiro atoms. The lowest BCUT2D eigenvalue weighted by atomic mass is 9.92. The van der Waals surface area contributed by atoms with Gasteiger partial charge in [0.25, 0.3) is 10.0 Å². The number of thiophene rings is 1. The van der Waals surface area contributed by atoms with Crippen molar-refractivity contribution in [1.82, 2.24) is 0 Å². The fourth-order valence-corrected chi connectivity index (χ4v) is 6.65. The summed E-state index contributed by atoms with van der Waals surface area (Å²) >= 11 is 6.89. The van der Waals surface area contributed by atoms with E-state index in [1.54, 1.807) is 5.38 Å². The number of ether oxygens (including phenoxy) is 1. The molecule has 0 aliphatic carbocycles. The van der Waals surface area contributed by atoms with Crippen molar-refractivity contribution < 1.29 is 22.3 Å². The van der Waals surface area contributed by atoms with Crippen LogP contribution >= 0.6 is 22.9 Å². The molecule has 2 aromatic carbocycles. The second kappa shape index (κ2) is 10.3. The maximum atomic E-state index is 14.3. The van der Waals surface area contributed by atoms with Crippen LogP contribution in [0, 0.1) is 26.6 Å². The van der Waals surface area contributed by atoms with E-state index in [1.807, 2.05) is 13.8 Å². The van der Waals surface area contributed by atoms with Crippen molar-refractivity contribution in [1.29, 1.82) is 0 Å². The Hall–Kier alpha value is -2.46. The van der Waals surface area contributed by atoms with E-state index in [2.05, 4.69) is 22.6 Å². The van der Waals surface area contributed by atoms with Gasteiger partial charge in [0.15, 0.2) is 5.78 Å². The zero-order valence-corrected chi connectivity index (χ0v) is 22.0. The first-order chi connectivity index (χ1) is 16.6. The van der Waals surface area contributed by atoms with Crippen LogP contribution in [-0.2, 0) is 21.2 Å². The molecule has 1 fully saturated rings. The standard InChI is InChI=1S/C25H26ClFN2O4S2/c1-15-12-16(2)24(29-7-9-33-10-8-29)17(3)19(15)14-22(30)25-21(6-11-34-25)28-35(31,32)23-5-4-18(26)13-20(23)27/h4-6,11-13,28H,7-10,14H2,1-3H3. The van der Waals surface area contributed by atoms with Crippen LogP contribution < -0.4 is 9.62 Å². The summed E-state index contributed by atoms with van der Waals surface area (Å²) in [5, 5.41) is 1.73. The number of morpholine rings is 1. The molecule has 2 heterocycles. The number of nitrogens with zero attached hydrogens (tertiary/aromatic N) is 1. The topological polar surface area (TPSA) is 75.7 Å². The van der Waals surface area contributed by atoms with Gasteiger partial charge in [0.2, 0.25) is 0 Å². The molecular weight excluding hydrogens is 511 g/mol. The summed E-state index contributed by atoms with van der Waals surface area (Å²) in [7, 11) is -4.25. The van der Waals surface area contributed by atoms with Crippen LogP contribution in [0.5, 0.6) is 0 Å². The number of carbonyl (C=O) groups excluding carboxylic acids is 1. The fraction of sp³-hybridized carbons (Fsp3) is 0.320. The lowest BCUT2D eigenvalue weighted by Crippen LogP contribution is -2.37. The number of anilines is 2. The number of hydrogen-bond acceptors (Lipinski definition) is 6. The number of benzene rings is 2. The predicted molar refractivity (Wildman–Crippen MR) is 138 cm³/mol. The van der Waals surface area contributed by atoms with Crippen molar-refractivity contribution in [3.8, 4) is 0 Å². The van der Waals surface area contributed by atoms with Crippen LogP contribution in [0.4, 0.5) is 15.8 Å². The number of rotatable bonds is 7. The molecule has 1 aromatic heterocycles. The first-order valence-electron chi connectivity index (χ1n) is 11.1. The zero-order chi connectivity index (χ0) is 25.3. The highest BCUT2D eigenvalue weighted by Gasteiger charge is 2.25. The molecule has 35 heavy (non-hydrogen) atoms. The third kappa shape index (κ3) is 5.38. The Morgan fingerprint density at radius 1 is 1.14 bits per heavy atom. The largest absolute Gasteiger partial charge is 0.378 e. The average Bonchev–Trinajstić information content (AvgIpc) is 3.24. The second-order valence-electron chi connectivity index (χ2n) is 8.51. The Bertz CT molecular complexity index is 1380. The van der Waals surface area contributed by atoms with E-state index in [9.17, 15) is 17.6 Å². The van der Waals surface area contributed by atoms with Gasteiger partial charge < -0.3 is 9.64 Å². The van der Waals surface area contributed by atoms with Crippen LogP contribution in [0.2, 0.25) is 5.02 Å². The summed E-state index contributed by atoms with van der Waals surface area (Å²) in [4.78, 5) is 15.4. The Kier molecular flexibility index (Phi) is 7.51. The lowest BCUT2D eigenvalue weighted by Gasteiger charge is -2.32. The molecule has 4 rings (SSSR count). The number of sulfonamides is 1. The summed E-state index contributed by atoms with van der Waals surface area (Å²) in [5.74, 6) is -1.17. The first kappa shape index (κ1) is 25.6. The minimum Gasteiger partial charge on any atom is -0.378 e. The monoisotopic (exact) mass is 536 g/mol. The molecule has 1 aliphatic rings. The number of halogens is 2. The Morgan fingerprint density at radius 3 is 2.54 bits per heavy atom. The van der Waals surface area contributed by atoms with Gasteiger partial charge in [0.1, 0.15) is 10.7 Å². The number of Topliss-reactive ketones (excluding diaryl/α,β-unsaturated/α-hetero) is 1. The molecule has 0 radical (unpaired) electrons. The van der Waals surface area contributed by atoms with Gasteiger partial charge in [-0.25, -0.2) is 12.8 Å². The van der Waals surface area contributed by atoms with Crippen LogP contribution in [0.1, 0.15) is 31.9 Å². The molecule has 0 saturated carbocycles. The third-order valence-electron chi connectivity index (χ3n) is 6.10. The van der Waals surface area contributed by atoms with E-state index in [4.69, 9.17) is 16.3 Å². The zero-order valence-electron chi connectivity index (χ0n) is 19.7. The van der Waals surface area contributed by atoms with Crippen molar-refractivity contribution >= 4 is 50.1 Å². The molecule has 0 amide bonds. The van der Waals surface area contributed by atoms with Gasteiger partial charge in [0.05, 0.1) is 23.8 Å². The summed E-state index contributed by atoms with van der Waals surface area (Å²) < 4.78 is 47.7. The minimum atomic E-state index is -4.25. The summed E-state index contributed by atoms with van der Waals surface area (Å²) in [6, 6.07) is 6.93. The smallest absolute Gasteiger partial charge is 0.264 e. The maximum absolute atomic E-state index is 14.3. The van der Waals surface area contributed by atoms with Gasteiger partial charge in [-0.05, 0) is 72.7 Å². The van der Waals surface area contributed by atoms with Crippen LogP contribution in [-0.4, -0.2) is 40.5 Å². The molecule has 0 unspecified atom stereocenters. The molecule has 1 aliphatic heterocycles. The fourth-order valence-electron chi connectivity index (χ4n) is 4.50. The van der Waals surface area contributed by atoms with E-state index in [1.165, 1.54) is 12.1 Å². The Balaban J connectivity index is 1.61. The van der Waals surface area contributed by atoms with Gasteiger partial charge in [-0.2, -0.15) is 0 Å².